The molecule has 1 saturated carbocycles. The third kappa shape index (κ3) is 2.31. The minimum Gasteiger partial charge on any atom is -0.465 e. The number of hydrogen-bond acceptors (Lipinski definition) is 5. The summed E-state index contributed by atoms with van der Waals surface area (Å²) < 4.78 is 41.4. The lowest BCUT2D eigenvalue weighted by atomic mass is 10.1. The van der Waals surface area contributed by atoms with E-state index in [0.717, 1.165) is 6.26 Å². The molecule has 3 atom stereocenters. The number of sulfone groups is 1. The third-order valence-corrected chi connectivity index (χ3v) is 5.08. The van der Waals surface area contributed by atoms with Crippen molar-refractivity contribution in [3.63, 3.8) is 0 Å². The van der Waals surface area contributed by atoms with Gasteiger partial charge in [0.2, 0.25) is 0 Å². The predicted octanol–water partition coefficient (Wildman–Crippen LogP) is 0.597. The van der Waals surface area contributed by atoms with Crippen LogP contribution < -0.4 is 5.73 Å². The maximum absolute atomic E-state index is 12.9. The molecule has 110 valence electrons. The van der Waals surface area contributed by atoms with Gasteiger partial charge in [-0.15, -0.1) is 0 Å². The fourth-order valence-electron chi connectivity index (χ4n) is 2.60. The lowest BCUT2D eigenvalue weighted by Gasteiger charge is -2.10. The van der Waals surface area contributed by atoms with Gasteiger partial charge in [-0.25, -0.2) is 17.6 Å². The topological polar surface area (TPSA) is 86.5 Å². The summed E-state index contributed by atoms with van der Waals surface area (Å²) in [5, 5.41) is -1.04. The van der Waals surface area contributed by atoms with Crippen LogP contribution in [0.25, 0.3) is 0 Å². The molecule has 0 heterocycles. The molecule has 5 nitrogen and oxygen atoms in total. The first-order chi connectivity index (χ1) is 9.22. The zero-order valence-electron chi connectivity index (χ0n) is 11.2. The molecular formula is C13H16FNO4S. The normalized spacial score (nSPS) is 29.0. The number of rotatable bonds is 4. The second-order valence-electron chi connectivity index (χ2n) is 4.93. The summed E-state index contributed by atoms with van der Waals surface area (Å²) in [4.78, 5) is 11.9. The molecule has 0 saturated heterocycles. The Morgan fingerprint density at radius 3 is 2.40 bits per heavy atom. The van der Waals surface area contributed by atoms with Crippen LogP contribution in [-0.2, 0) is 19.4 Å². The van der Waals surface area contributed by atoms with Crippen LogP contribution >= 0.6 is 0 Å². The Morgan fingerprint density at radius 2 is 1.95 bits per heavy atom. The number of carbonyl (C=O) groups is 1. The van der Waals surface area contributed by atoms with Crippen molar-refractivity contribution in [2.45, 2.75) is 23.6 Å². The average Bonchev–Trinajstić information content (AvgIpc) is 2.99. The van der Waals surface area contributed by atoms with Crippen LogP contribution in [0.1, 0.15) is 18.4 Å². The molecule has 0 bridgehead atoms. The number of esters is 1. The molecule has 1 aromatic carbocycles. The molecule has 0 aromatic heterocycles. The average molecular weight is 301 g/mol. The van der Waals surface area contributed by atoms with E-state index in [1.54, 1.807) is 6.92 Å². The summed E-state index contributed by atoms with van der Waals surface area (Å²) in [6, 6.07) is 5.29. The molecule has 0 radical (unpaired) electrons. The van der Waals surface area contributed by atoms with Crippen molar-refractivity contribution in [3.8, 4) is 0 Å². The highest BCUT2D eigenvalue weighted by Crippen LogP contribution is 2.54. The highest BCUT2D eigenvalue weighted by Gasteiger charge is 2.73. The first kappa shape index (κ1) is 14.9. The van der Waals surface area contributed by atoms with Gasteiger partial charge in [-0.2, -0.15) is 0 Å². The molecule has 1 aliphatic carbocycles. The van der Waals surface area contributed by atoms with Gasteiger partial charge in [0, 0.05) is 12.2 Å². The van der Waals surface area contributed by atoms with Crippen molar-refractivity contribution in [2.75, 3.05) is 12.9 Å². The number of benzene rings is 1. The van der Waals surface area contributed by atoms with E-state index in [2.05, 4.69) is 0 Å². The van der Waals surface area contributed by atoms with E-state index in [-0.39, 0.29) is 6.61 Å². The van der Waals surface area contributed by atoms with Crippen molar-refractivity contribution < 1.29 is 22.3 Å². The van der Waals surface area contributed by atoms with Gasteiger partial charge < -0.3 is 10.5 Å². The Morgan fingerprint density at radius 1 is 1.40 bits per heavy atom. The van der Waals surface area contributed by atoms with Crippen LogP contribution in [0, 0.1) is 5.82 Å². The lowest BCUT2D eigenvalue weighted by Crippen LogP contribution is -2.41. The van der Waals surface area contributed by atoms with Gasteiger partial charge in [-0.05, 0) is 24.6 Å². The second-order valence-corrected chi connectivity index (χ2v) is 7.10. The number of ether oxygens (including phenoxy) is 1. The minimum absolute atomic E-state index is 0.115. The third-order valence-electron chi connectivity index (χ3n) is 3.50. The lowest BCUT2D eigenvalue weighted by molar-refractivity contribution is -0.145. The molecular weight excluding hydrogens is 285 g/mol. The van der Waals surface area contributed by atoms with Crippen molar-refractivity contribution in [1.29, 1.82) is 0 Å². The van der Waals surface area contributed by atoms with Gasteiger partial charge in [0.1, 0.15) is 11.4 Å². The van der Waals surface area contributed by atoms with Crippen molar-refractivity contribution in [2.24, 2.45) is 5.73 Å². The van der Waals surface area contributed by atoms with Crippen LogP contribution in [0.3, 0.4) is 0 Å². The Labute approximate surface area is 116 Å². The smallest absolute Gasteiger partial charge is 0.328 e. The molecule has 1 aromatic rings. The van der Waals surface area contributed by atoms with E-state index in [9.17, 15) is 17.6 Å². The Bertz CT molecular complexity index is 628. The largest absolute Gasteiger partial charge is 0.465 e. The fraction of sp³-hybridized carbons (Fsp3) is 0.462. The fourth-order valence-corrected chi connectivity index (χ4v) is 4.35. The summed E-state index contributed by atoms with van der Waals surface area (Å²) in [5.41, 5.74) is 4.89. The number of hydrogen-bond donors (Lipinski definition) is 1. The molecule has 20 heavy (non-hydrogen) atoms. The first-order valence-electron chi connectivity index (χ1n) is 6.13. The highest BCUT2D eigenvalue weighted by atomic mass is 32.2. The Balaban J connectivity index is 2.41. The van der Waals surface area contributed by atoms with Gasteiger partial charge in [-0.1, -0.05) is 12.1 Å². The van der Waals surface area contributed by atoms with Crippen molar-refractivity contribution in [1.82, 2.24) is 0 Å². The van der Waals surface area contributed by atoms with E-state index in [1.807, 2.05) is 0 Å². The Kier molecular flexibility index (Phi) is 3.60. The van der Waals surface area contributed by atoms with Crippen LogP contribution in [0.2, 0.25) is 0 Å². The highest BCUT2D eigenvalue weighted by molar-refractivity contribution is 7.91. The van der Waals surface area contributed by atoms with E-state index in [4.69, 9.17) is 10.5 Å². The van der Waals surface area contributed by atoms with E-state index in [1.165, 1.54) is 24.3 Å². The molecule has 2 N–H and O–H groups in total. The molecule has 2 rings (SSSR count). The summed E-state index contributed by atoms with van der Waals surface area (Å²) >= 11 is 0. The maximum atomic E-state index is 12.9. The molecule has 0 aliphatic heterocycles. The Hall–Kier alpha value is -1.47. The summed E-state index contributed by atoms with van der Waals surface area (Å²) in [7, 11) is -3.53. The van der Waals surface area contributed by atoms with Crippen LogP contribution in [-0.4, -0.2) is 38.0 Å². The van der Waals surface area contributed by atoms with Gasteiger partial charge >= 0.3 is 5.97 Å². The van der Waals surface area contributed by atoms with Crippen LogP contribution in [0.4, 0.5) is 4.39 Å². The first-order valence-corrected chi connectivity index (χ1v) is 8.08. The standard InChI is InChI=1S/C13H16FNO4S/c1-3-19-12(16)13(15)10(11(13)20(2,17)18)8-4-6-9(14)7-5-8/h4-7,10-11H,3,15H2,1-2H3/t10-,11+,13+/m1/s1. The summed E-state index contributed by atoms with van der Waals surface area (Å²) in [5.74, 6) is -1.90. The summed E-state index contributed by atoms with van der Waals surface area (Å²) in [6.07, 6.45) is 1.03. The maximum Gasteiger partial charge on any atom is 0.328 e. The van der Waals surface area contributed by atoms with E-state index < -0.39 is 38.3 Å². The zero-order valence-corrected chi connectivity index (χ0v) is 12.0. The van der Waals surface area contributed by atoms with Gasteiger partial charge in [0.25, 0.3) is 0 Å². The summed E-state index contributed by atoms with van der Waals surface area (Å²) in [6.45, 7) is 1.73. The SMILES string of the molecule is CCOC(=O)[C@]1(N)[C@H](c2ccc(F)cc2)[C@@H]1S(C)(=O)=O. The molecule has 1 aliphatic rings. The molecule has 7 heteroatoms. The van der Waals surface area contributed by atoms with E-state index in [0.29, 0.717) is 5.56 Å². The number of halogens is 1. The van der Waals surface area contributed by atoms with Gasteiger partial charge in [0.05, 0.1) is 11.9 Å². The number of carbonyl (C=O) groups excluding carboxylic acids is 1. The molecule has 0 amide bonds. The van der Waals surface area contributed by atoms with Gasteiger partial charge in [-0.3, -0.25) is 0 Å². The van der Waals surface area contributed by atoms with Crippen LogP contribution in [0.15, 0.2) is 24.3 Å². The second kappa shape index (κ2) is 4.82. The zero-order chi connectivity index (χ0) is 15.1. The molecule has 0 unspecified atom stereocenters. The number of nitrogens with two attached hydrogens (primary N) is 1. The van der Waals surface area contributed by atoms with Crippen molar-refractivity contribution >= 4 is 15.8 Å². The quantitative estimate of drug-likeness (QED) is 0.823. The van der Waals surface area contributed by atoms with E-state index >= 15 is 0 Å². The van der Waals surface area contributed by atoms with Gasteiger partial charge in [0.15, 0.2) is 9.84 Å². The molecule has 0 spiro atoms. The van der Waals surface area contributed by atoms with Crippen molar-refractivity contribution in [3.05, 3.63) is 35.6 Å². The van der Waals surface area contributed by atoms with Crippen LogP contribution in [0.5, 0.6) is 0 Å². The minimum atomic E-state index is -3.53. The molecule has 1 fully saturated rings. The predicted molar refractivity (Wildman–Crippen MR) is 71.3 cm³/mol. The monoisotopic (exact) mass is 301 g/mol.